The third-order valence-electron chi connectivity index (χ3n) is 2.21. The van der Waals surface area contributed by atoms with E-state index in [0.717, 1.165) is 5.56 Å². The van der Waals surface area contributed by atoms with Crippen LogP contribution in [0.3, 0.4) is 0 Å². The van der Waals surface area contributed by atoms with Gasteiger partial charge in [0.2, 0.25) is 0 Å². The Labute approximate surface area is 126 Å². The summed E-state index contributed by atoms with van der Waals surface area (Å²) in [4.78, 5) is 22.3. The summed E-state index contributed by atoms with van der Waals surface area (Å²) in [6.07, 6.45) is 0. The fourth-order valence-electron chi connectivity index (χ4n) is 1.31. The summed E-state index contributed by atoms with van der Waals surface area (Å²) in [6, 6.07) is 1.55. The van der Waals surface area contributed by atoms with E-state index in [4.69, 9.17) is 10.2 Å². The van der Waals surface area contributed by atoms with Crippen molar-refractivity contribution in [3.63, 3.8) is 0 Å². The number of anilines is 1. The summed E-state index contributed by atoms with van der Waals surface area (Å²) < 4.78 is 1.32. The second kappa shape index (κ2) is 6.88. The highest BCUT2D eigenvalue weighted by atomic mass is 79.9. The van der Waals surface area contributed by atoms with Crippen LogP contribution in [0.1, 0.15) is 5.56 Å². The van der Waals surface area contributed by atoms with Crippen LogP contribution >= 0.6 is 31.9 Å². The first-order valence-corrected chi connectivity index (χ1v) is 6.80. The van der Waals surface area contributed by atoms with Gasteiger partial charge in [-0.15, -0.1) is 0 Å². The van der Waals surface area contributed by atoms with Crippen LogP contribution in [0.4, 0.5) is 10.5 Å². The third-order valence-corrected chi connectivity index (χ3v) is 3.46. The molecule has 0 aliphatic rings. The van der Waals surface area contributed by atoms with Gasteiger partial charge in [-0.2, -0.15) is 0 Å². The lowest BCUT2D eigenvalue weighted by Gasteiger charge is -2.14. The molecule has 0 aromatic heterocycles. The van der Waals surface area contributed by atoms with Gasteiger partial charge in [0.05, 0.1) is 12.3 Å². The van der Waals surface area contributed by atoms with Crippen LogP contribution in [0.2, 0.25) is 0 Å². The van der Waals surface area contributed by atoms with Crippen LogP contribution < -0.4 is 10.6 Å². The van der Waals surface area contributed by atoms with Crippen LogP contribution in [0.5, 0.6) is 0 Å². The Morgan fingerprint density at radius 1 is 1.32 bits per heavy atom. The number of hydrogen-bond donors (Lipinski definition) is 4. The number of aliphatic hydroxyl groups is 1. The van der Waals surface area contributed by atoms with Crippen LogP contribution in [0.25, 0.3) is 0 Å². The average molecular weight is 396 g/mol. The van der Waals surface area contributed by atoms with E-state index in [-0.39, 0.29) is 0 Å². The Morgan fingerprint density at radius 2 is 1.84 bits per heavy atom. The van der Waals surface area contributed by atoms with Crippen LogP contribution in [-0.4, -0.2) is 34.9 Å². The quantitative estimate of drug-likeness (QED) is 0.627. The van der Waals surface area contributed by atoms with Crippen LogP contribution in [0.15, 0.2) is 21.1 Å². The van der Waals surface area contributed by atoms with Gasteiger partial charge in [0.25, 0.3) is 0 Å². The zero-order valence-electron chi connectivity index (χ0n) is 9.91. The van der Waals surface area contributed by atoms with E-state index in [2.05, 4.69) is 42.5 Å². The van der Waals surface area contributed by atoms with E-state index in [1.807, 2.05) is 6.92 Å². The first kappa shape index (κ1) is 15.9. The van der Waals surface area contributed by atoms with E-state index in [0.29, 0.717) is 14.6 Å². The number of hydrogen-bond acceptors (Lipinski definition) is 3. The molecule has 0 spiro atoms. The second-order valence-corrected chi connectivity index (χ2v) is 5.48. The zero-order chi connectivity index (χ0) is 14.6. The molecule has 8 heteroatoms. The highest BCUT2D eigenvalue weighted by Gasteiger charge is 2.19. The Kier molecular flexibility index (Phi) is 5.77. The Morgan fingerprint density at radius 3 is 2.26 bits per heavy atom. The summed E-state index contributed by atoms with van der Waals surface area (Å²) in [5, 5.41) is 22.2. The van der Waals surface area contributed by atoms with Gasteiger partial charge in [-0.25, -0.2) is 9.59 Å². The van der Waals surface area contributed by atoms with Gasteiger partial charge in [-0.1, -0.05) is 0 Å². The topological polar surface area (TPSA) is 98.7 Å². The largest absolute Gasteiger partial charge is 0.480 e. The number of urea groups is 1. The van der Waals surface area contributed by atoms with Crippen molar-refractivity contribution in [2.24, 2.45) is 0 Å². The fraction of sp³-hybridized carbons (Fsp3) is 0.273. The van der Waals surface area contributed by atoms with Crippen molar-refractivity contribution >= 4 is 49.5 Å². The number of carboxylic acid groups (broad SMARTS) is 1. The molecule has 6 nitrogen and oxygen atoms in total. The predicted octanol–water partition coefficient (Wildman–Crippen LogP) is 2.09. The predicted molar refractivity (Wildman–Crippen MR) is 77.2 cm³/mol. The maximum absolute atomic E-state index is 11.6. The lowest BCUT2D eigenvalue weighted by Crippen LogP contribution is -2.45. The second-order valence-electron chi connectivity index (χ2n) is 3.78. The summed E-state index contributed by atoms with van der Waals surface area (Å²) in [6.45, 7) is 1.21. The number of aliphatic carboxylic acids is 1. The number of carboxylic acids is 1. The van der Waals surface area contributed by atoms with Crippen molar-refractivity contribution in [1.82, 2.24) is 5.32 Å². The normalized spacial score (nSPS) is 11.8. The number of amides is 2. The van der Waals surface area contributed by atoms with Crippen LogP contribution in [-0.2, 0) is 4.79 Å². The van der Waals surface area contributed by atoms with E-state index >= 15 is 0 Å². The van der Waals surface area contributed by atoms with Gasteiger partial charge >= 0.3 is 12.0 Å². The maximum Gasteiger partial charge on any atom is 0.328 e. The third kappa shape index (κ3) is 4.48. The first-order chi connectivity index (χ1) is 8.85. The highest BCUT2D eigenvalue weighted by Crippen LogP contribution is 2.32. The van der Waals surface area contributed by atoms with Gasteiger partial charge < -0.3 is 20.8 Å². The Hall–Kier alpha value is -1.12. The minimum absolute atomic E-state index is 0.477. The number of carbonyl (C=O) groups is 2. The van der Waals surface area contributed by atoms with Gasteiger partial charge in [0.15, 0.2) is 6.04 Å². The Balaban J connectivity index is 2.80. The zero-order valence-corrected chi connectivity index (χ0v) is 13.1. The molecule has 2 amide bonds. The van der Waals surface area contributed by atoms with Gasteiger partial charge in [-0.3, -0.25) is 0 Å². The average Bonchev–Trinajstić information content (AvgIpc) is 2.30. The van der Waals surface area contributed by atoms with Crippen molar-refractivity contribution in [2.45, 2.75) is 13.0 Å². The van der Waals surface area contributed by atoms with Crippen molar-refractivity contribution < 1.29 is 19.8 Å². The van der Waals surface area contributed by atoms with Crippen molar-refractivity contribution in [3.05, 3.63) is 26.6 Å². The highest BCUT2D eigenvalue weighted by molar-refractivity contribution is 9.11. The van der Waals surface area contributed by atoms with Gasteiger partial charge in [-0.05, 0) is 56.5 Å². The molecule has 0 heterocycles. The molecule has 104 valence electrons. The summed E-state index contributed by atoms with van der Waals surface area (Å²) in [5.41, 5.74) is 1.47. The molecule has 1 atom stereocenters. The van der Waals surface area contributed by atoms with Gasteiger partial charge in [0, 0.05) is 8.95 Å². The van der Waals surface area contributed by atoms with E-state index in [1.54, 1.807) is 12.1 Å². The molecule has 1 aromatic carbocycles. The number of nitrogens with one attached hydrogen (secondary N) is 2. The standard InChI is InChI=1S/C11H12Br2N2O4/c1-5-2-6(12)9(7(13)3-5)15-11(19)14-8(4-16)10(17)18/h2-3,8,16H,4H2,1H3,(H,17,18)(H2,14,15,19)/t8-/m1/s1. The lowest BCUT2D eigenvalue weighted by molar-refractivity contribution is -0.140. The summed E-state index contributed by atoms with van der Waals surface area (Å²) in [5.74, 6) is -1.31. The first-order valence-electron chi connectivity index (χ1n) is 5.22. The smallest absolute Gasteiger partial charge is 0.328 e. The van der Waals surface area contributed by atoms with E-state index in [9.17, 15) is 9.59 Å². The fourth-order valence-corrected chi connectivity index (χ4v) is 2.93. The van der Waals surface area contributed by atoms with E-state index < -0.39 is 24.6 Å². The molecule has 0 radical (unpaired) electrons. The maximum atomic E-state index is 11.6. The summed E-state index contributed by atoms with van der Waals surface area (Å²) >= 11 is 6.60. The molecule has 1 rings (SSSR count). The molecule has 0 aliphatic heterocycles. The number of halogens is 2. The number of aliphatic hydroxyl groups excluding tert-OH is 1. The van der Waals surface area contributed by atoms with E-state index in [1.165, 1.54) is 0 Å². The molecule has 0 saturated carbocycles. The van der Waals surface area contributed by atoms with Gasteiger partial charge in [0.1, 0.15) is 0 Å². The Bertz CT molecular complexity index is 484. The number of benzene rings is 1. The SMILES string of the molecule is Cc1cc(Br)c(NC(=O)N[C@H](CO)C(=O)O)c(Br)c1. The molecule has 0 fully saturated rings. The van der Waals surface area contributed by atoms with Crippen LogP contribution in [0, 0.1) is 6.92 Å². The number of aryl methyl sites for hydroxylation is 1. The summed E-state index contributed by atoms with van der Waals surface area (Å²) in [7, 11) is 0. The molecule has 0 saturated heterocycles. The minimum atomic E-state index is -1.34. The monoisotopic (exact) mass is 394 g/mol. The number of carbonyl (C=O) groups excluding carboxylic acids is 1. The lowest BCUT2D eigenvalue weighted by atomic mass is 10.2. The molecular weight excluding hydrogens is 384 g/mol. The van der Waals surface area contributed by atoms with Crippen molar-refractivity contribution in [3.8, 4) is 0 Å². The number of rotatable bonds is 4. The molecule has 4 N–H and O–H groups in total. The molecular formula is C11H12Br2N2O4. The van der Waals surface area contributed by atoms with Crippen molar-refractivity contribution in [1.29, 1.82) is 0 Å². The molecule has 0 aliphatic carbocycles. The van der Waals surface area contributed by atoms with Crippen molar-refractivity contribution in [2.75, 3.05) is 11.9 Å². The minimum Gasteiger partial charge on any atom is -0.480 e. The molecule has 19 heavy (non-hydrogen) atoms. The molecule has 0 unspecified atom stereocenters. The molecule has 1 aromatic rings. The molecule has 0 bridgehead atoms.